The lowest BCUT2D eigenvalue weighted by Gasteiger charge is -2.49. The first-order chi connectivity index (χ1) is 18.0. The number of piperazine rings is 1. The summed E-state index contributed by atoms with van der Waals surface area (Å²) in [5.74, 6) is -3.01. The van der Waals surface area contributed by atoms with Crippen molar-refractivity contribution in [3.05, 3.63) is 29.2 Å². The average molecular weight is 546 g/mol. The second kappa shape index (κ2) is 9.21. The Morgan fingerprint density at radius 2 is 1.72 bits per heavy atom. The van der Waals surface area contributed by atoms with Gasteiger partial charge in [-0.3, -0.25) is 9.59 Å². The highest BCUT2D eigenvalue weighted by molar-refractivity contribution is 5.94. The quantitative estimate of drug-likeness (QED) is 0.612. The Morgan fingerprint density at radius 1 is 1.08 bits per heavy atom. The largest absolute Gasteiger partial charge is 0.390 e. The van der Waals surface area contributed by atoms with Crippen LogP contribution in [0.2, 0.25) is 0 Å². The van der Waals surface area contributed by atoms with E-state index in [1.807, 2.05) is 24.8 Å². The maximum absolute atomic E-state index is 13.8. The Bertz CT molecular complexity index is 1280. The lowest BCUT2D eigenvalue weighted by molar-refractivity contribution is -0.153. The van der Waals surface area contributed by atoms with Gasteiger partial charge in [0.1, 0.15) is 5.69 Å². The van der Waals surface area contributed by atoms with Gasteiger partial charge in [0, 0.05) is 49.9 Å². The number of alkyl halides is 2. The minimum atomic E-state index is -2.61. The number of carbonyl (C=O) groups is 2. The van der Waals surface area contributed by atoms with Gasteiger partial charge >= 0.3 is 0 Å². The number of aromatic nitrogens is 3. The number of fused-ring (bicyclic) bond motifs is 1. The highest BCUT2D eigenvalue weighted by atomic mass is 19.3. The Labute approximate surface area is 228 Å². The number of carbonyl (C=O) groups excluding carboxylic acids is 2. The van der Waals surface area contributed by atoms with Crippen LogP contribution in [0.3, 0.4) is 0 Å². The summed E-state index contributed by atoms with van der Waals surface area (Å²) in [6.07, 6.45) is 3.08. The van der Waals surface area contributed by atoms with Crippen molar-refractivity contribution in [2.45, 2.75) is 108 Å². The fourth-order valence-electron chi connectivity index (χ4n) is 6.48. The highest BCUT2D eigenvalue weighted by Crippen LogP contribution is 2.42. The standard InChI is InChI=1S/C29H41F2N5O3/c1-26(2,3)20-13-21(18-7-9-29(30,31)10-8-18)33-36-16-22(32-23(20)36)25(38)35-12-11-34(17-27(35,4)5)24(37)19-14-28(6,39)15-19/h13,16,18-19,39H,7-12,14-15,17H2,1-6H3/t19-,28+. The zero-order chi connectivity index (χ0) is 28.5. The minimum Gasteiger partial charge on any atom is -0.390 e. The summed E-state index contributed by atoms with van der Waals surface area (Å²) in [6.45, 7) is 13.1. The number of amides is 2. The van der Waals surface area contributed by atoms with Gasteiger partial charge in [-0.2, -0.15) is 5.10 Å². The summed E-state index contributed by atoms with van der Waals surface area (Å²) in [6, 6.07) is 1.98. The van der Waals surface area contributed by atoms with Crippen molar-refractivity contribution in [2.75, 3.05) is 19.6 Å². The molecule has 0 radical (unpaired) electrons. The van der Waals surface area contributed by atoms with Gasteiger partial charge in [0.15, 0.2) is 5.65 Å². The first kappa shape index (κ1) is 27.9. The van der Waals surface area contributed by atoms with Crippen LogP contribution >= 0.6 is 0 Å². The topological polar surface area (TPSA) is 91.0 Å². The Balaban J connectivity index is 1.38. The van der Waals surface area contributed by atoms with Crippen LogP contribution in [0.1, 0.15) is 108 Å². The molecule has 3 fully saturated rings. The molecule has 2 aliphatic carbocycles. The number of halogens is 2. The molecular formula is C29H41F2N5O3. The number of aliphatic hydroxyl groups is 1. The molecule has 0 spiro atoms. The molecular weight excluding hydrogens is 504 g/mol. The van der Waals surface area contributed by atoms with E-state index in [1.54, 1.807) is 22.5 Å². The second-order valence-corrected chi connectivity index (χ2v) is 13.9. The lowest BCUT2D eigenvalue weighted by atomic mass is 9.71. The van der Waals surface area contributed by atoms with Crippen LogP contribution in [0.4, 0.5) is 8.78 Å². The van der Waals surface area contributed by atoms with Crippen molar-refractivity contribution in [3.63, 3.8) is 0 Å². The van der Waals surface area contributed by atoms with Crippen molar-refractivity contribution in [1.82, 2.24) is 24.4 Å². The monoisotopic (exact) mass is 545 g/mol. The van der Waals surface area contributed by atoms with Crippen molar-refractivity contribution >= 4 is 17.5 Å². The molecule has 0 bridgehead atoms. The van der Waals surface area contributed by atoms with E-state index in [0.29, 0.717) is 51.0 Å². The van der Waals surface area contributed by atoms with Gasteiger partial charge in [-0.15, -0.1) is 0 Å². The van der Waals surface area contributed by atoms with Gasteiger partial charge in [-0.1, -0.05) is 20.8 Å². The van der Waals surface area contributed by atoms with Crippen LogP contribution in [0, 0.1) is 5.92 Å². The van der Waals surface area contributed by atoms with E-state index in [0.717, 1.165) is 11.3 Å². The maximum Gasteiger partial charge on any atom is 0.274 e. The Morgan fingerprint density at radius 3 is 2.28 bits per heavy atom. The van der Waals surface area contributed by atoms with Crippen LogP contribution < -0.4 is 0 Å². The molecule has 2 aromatic heterocycles. The van der Waals surface area contributed by atoms with E-state index in [1.165, 1.54) is 0 Å². The van der Waals surface area contributed by atoms with Crippen LogP contribution in [0.15, 0.2) is 12.3 Å². The lowest BCUT2D eigenvalue weighted by Crippen LogP contribution is -2.63. The van der Waals surface area contributed by atoms with Crippen LogP contribution in [0.25, 0.3) is 5.65 Å². The third-order valence-electron chi connectivity index (χ3n) is 8.79. The molecule has 5 rings (SSSR count). The fourth-order valence-corrected chi connectivity index (χ4v) is 6.48. The summed E-state index contributed by atoms with van der Waals surface area (Å²) >= 11 is 0. The van der Waals surface area contributed by atoms with E-state index < -0.39 is 17.1 Å². The number of imidazole rings is 1. The van der Waals surface area contributed by atoms with Gasteiger partial charge in [0.2, 0.25) is 11.8 Å². The molecule has 0 aromatic carbocycles. The number of rotatable bonds is 3. The van der Waals surface area contributed by atoms with Gasteiger partial charge < -0.3 is 14.9 Å². The van der Waals surface area contributed by atoms with E-state index in [9.17, 15) is 23.5 Å². The molecule has 8 nitrogen and oxygen atoms in total. The Kier molecular flexibility index (Phi) is 6.60. The van der Waals surface area contributed by atoms with Crippen LogP contribution in [0.5, 0.6) is 0 Å². The Hall–Kier alpha value is -2.62. The summed E-state index contributed by atoms with van der Waals surface area (Å²) in [7, 11) is 0. The summed E-state index contributed by atoms with van der Waals surface area (Å²) < 4.78 is 29.2. The normalized spacial score (nSPS) is 27.5. The molecule has 1 aliphatic heterocycles. The summed E-state index contributed by atoms with van der Waals surface area (Å²) in [5.41, 5.74) is 0.907. The highest BCUT2D eigenvalue weighted by Gasteiger charge is 2.47. The molecule has 0 atom stereocenters. The SMILES string of the molecule is CC(C)(C)c1cc(C2CCC(F)(F)CC2)nn2cc(C(=O)N3CCN(C(=O)[C@H]4C[C@@](C)(O)C4)CC3(C)C)nc12. The number of hydrogen-bond donors (Lipinski definition) is 1. The number of nitrogens with zero attached hydrogens (tertiary/aromatic N) is 5. The number of hydrogen-bond acceptors (Lipinski definition) is 5. The molecule has 2 aromatic rings. The van der Waals surface area contributed by atoms with Gasteiger partial charge in [-0.05, 0) is 57.9 Å². The van der Waals surface area contributed by atoms with E-state index in [4.69, 9.17) is 10.1 Å². The van der Waals surface area contributed by atoms with Crippen molar-refractivity contribution in [1.29, 1.82) is 0 Å². The molecule has 0 unspecified atom stereocenters. The predicted molar refractivity (Wildman–Crippen MR) is 143 cm³/mol. The van der Waals surface area contributed by atoms with Crippen molar-refractivity contribution in [3.8, 4) is 0 Å². The predicted octanol–water partition coefficient (Wildman–Crippen LogP) is 4.54. The van der Waals surface area contributed by atoms with Gasteiger partial charge in [0.05, 0.1) is 23.0 Å². The molecule has 3 aliphatic rings. The second-order valence-electron chi connectivity index (χ2n) is 13.9. The zero-order valence-corrected chi connectivity index (χ0v) is 23.9. The first-order valence-corrected chi connectivity index (χ1v) is 14.1. The molecule has 3 heterocycles. The molecule has 2 saturated carbocycles. The van der Waals surface area contributed by atoms with Gasteiger partial charge in [-0.25, -0.2) is 18.3 Å². The molecule has 2 amide bonds. The molecule has 39 heavy (non-hydrogen) atoms. The minimum absolute atomic E-state index is 0.0430. The summed E-state index contributed by atoms with van der Waals surface area (Å²) in [4.78, 5) is 35.1. The third kappa shape index (κ3) is 5.41. The third-order valence-corrected chi connectivity index (χ3v) is 8.79. The smallest absolute Gasteiger partial charge is 0.274 e. The summed E-state index contributed by atoms with van der Waals surface area (Å²) in [5, 5.41) is 14.8. The molecule has 214 valence electrons. The van der Waals surface area contributed by atoms with Crippen molar-refractivity contribution < 1.29 is 23.5 Å². The maximum atomic E-state index is 13.8. The molecule has 1 N–H and O–H groups in total. The average Bonchev–Trinajstić information content (AvgIpc) is 3.24. The van der Waals surface area contributed by atoms with Crippen LogP contribution in [-0.4, -0.2) is 78.0 Å². The van der Waals surface area contributed by atoms with E-state index >= 15 is 0 Å². The van der Waals surface area contributed by atoms with E-state index in [-0.39, 0.29) is 47.6 Å². The first-order valence-electron chi connectivity index (χ1n) is 14.1. The molecule has 1 saturated heterocycles. The van der Waals surface area contributed by atoms with Gasteiger partial charge in [0.25, 0.3) is 5.91 Å². The van der Waals surface area contributed by atoms with Crippen LogP contribution in [-0.2, 0) is 10.2 Å². The fraction of sp³-hybridized carbons (Fsp3) is 0.724. The van der Waals surface area contributed by atoms with E-state index in [2.05, 4.69) is 20.8 Å². The molecule has 10 heteroatoms. The zero-order valence-electron chi connectivity index (χ0n) is 23.9. The van der Waals surface area contributed by atoms with Crippen molar-refractivity contribution in [2.24, 2.45) is 5.92 Å².